The number of nitrogens with two attached hydrogens (primary N) is 1. The lowest BCUT2D eigenvalue weighted by Crippen LogP contribution is -2.38. The van der Waals surface area contributed by atoms with Crippen LogP contribution < -0.4 is 15.8 Å². The monoisotopic (exact) mass is 1000 g/mol. The molecule has 71 heavy (non-hydrogen) atoms. The molecule has 7 rings (SSSR count). The lowest BCUT2D eigenvalue weighted by molar-refractivity contribution is 0.308. The maximum absolute atomic E-state index is 12.0. The van der Waals surface area contributed by atoms with Gasteiger partial charge in [-0.3, -0.25) is 4.18 Å². The van der Waals surface area contributed by atoms with Crippen molar-refractivity contribution in [3.63, 3.8) is 0 Å². The molecule has 384 valence electrons. The first-order valence-electron chi connectivity index (χ1n) is 25.4. The molecular weight excluding hydrogens is 919 g/mol. The number of hydrogen-bond donors (Lipinski definition) is 3. The van der Waals surface area contributed by atoms with Crippen molar-refractivity contribution >= 4 is 20.1 Å². The Morgan fingerprint density at radius 2 is 0.986 bits per heavy atom. The Morgan fingerprint density at radius 1 is 0.549 bits per heavy atom. The van der Waals surface area contributed by atoms with Crippen molar-refractivity contribution in [2.24, 2.45) is 5.73 Å². The van der Waals surface area contributed by atoms with Gasteiger partial charge in [0.25, 0.3) is 10.1 Å². The normalized spacial score (nSPS) is 14.6. The van der Waals surface area contributed by atoms with Crippen LogP contribution in [0.5, 0.6) is 0 Å². The summed E-state index contributed by atoms with van der Waals surface area (Å²) in [6.45, 7) is 13.8. The average Bonchev–Trinajstić information content (AvgIpc) is 3.39. The van der Waals surface area contributed by atoms with Gasteiger partial charge in [-0.05, 0) is 100 Å². The van der Waals surface area contributed by atoms with Gasteiger partial charge in [-0.1, -0.05) is 233 Å². The summed E-state index contributed by atoms with van der Waals surface area (Å²) in [5.74, 6) is 0.337. The number of rotatable bonds is 19. The second-order valence-electron chi connectivity index (χ2n) is 18.2. The summed E-state index contributed by atoms with van der Waals surface area (Å²) >= 11 is 0. The zero-order chi connectivity index (χ0) is 51.7. The van der Waals surface area contributed by atoms with E-state index in [0.29, 0.717) is 5.92 Å². The minimum atomic E-state index is -3.56. The third-order valence-corrected chi connectivity index (χ3v) is 13.9. The molecule has 8 nitrogen and oxygen atoms in total. The van der Waals surface area contributed by atoms with Crippen molar-refractivity contribution < 1.29 is 21.0 Å². The Balaban J connectivity index is 0.000000253. The van der Waals surface area contributed by atoms with Crippen LogP contribution in [-0.2, 0) is 24.3 Å². The van der Waals surface area contributed by atoms with Gasteiger partial charge in [0.05, 0.1) is 29.8 Å². The van der Waals surface area contributed by atoms with E-state index in [2.05, 4.69) is 118 Å². The van der Waals surface area contributed by atoms with Gasteiger partial charge in [0, 0.05) is 12.0 Å². The van der Waals surface area contributed by atoms with Gasteiger partial charge in [-0.25, -0.2) is 13.1 Å². The number of sulfonamides is 1. The van der Waals surface area contributed by atoms with Crippen LogP contribution in [0.4, 0.5) is 0 Å². The van der Waals surface area contributed by atoms with Crippen molar-refractivity contribution in [2.45, 2.75) is 135 Å². The summed E-state index contributed by atoms with van der Waals surface area (Å²) in [5.41, 5.74) is 14.8. The highest BCUT2D eigenvalue weighted by molar-refractivity contribution is 7.88. The van der Waals surface area contributed by atoms with Gasteiger partial charge in [-0.15, -0.1) is 0 Å². The molecule has 0 bridgehead atoms. The topological polar surface area (TPSA) is 128 Å². The van der Waals surface area contributed by atoms with E-state index in [-0.39, 0.29) is 29.6 Å². The largest absolute Gasteiger partial charge is 0.323 e. The van der Waals surface area contributed by atoms with Gasteiger partial charge in [-0.2, -0.15) is 8.42 Å². The summed E-state index contributed by atoms with van der Waals surface area (Å²) < 4.78 is 55.1. The van der Waals surface area contributed by atoms with Crippen LogP contribution in [0.3, 0.4) is 0 Å². The van der Waals surface area contributed by atoms with E-state index in [1.807, 2.05) is 91.9 Å². The van der Waals surface area contributed by atoms with E-state index in [1.54, 1.807) is 24.3 Å². The molecule has 0 radical (unpaired) electrons. The molecule has 0 aromatic heterocycles. The highest BCUT2D eigenvalue weighted by Crippen LogP contribution is 2.30. The van der Waals surface area contributed by atoms with Crippen LogP contribution >= 0.6 is 0 Å². The zero-order valence-electron chi connectivity index (χ0n) is 43.6. The molecule has 2 aliphatic rings. The van der Waals surface area contributed by atoms with Crippen molar-refractivity contribution in [1.82, 2.24) is 10.0 Å². The van der Waals surface area contributed by atoms with Gasteiger partial charge < -0.3 is 11.1 Å². The maximum atomic E-state index is 12.0. The first-order valence-corrected chi connectivity index (χ1v) is 28.7. The summed E-state index contributed by atoms with van der Waals surface area (Å²) in [5, 5.41) is 3.57. The van der Waals surface area contributed by atoms with Crippen LogP contribution in [0.15, 0.2) is 198 Å². The fourth-order valence-corrected chi connectivity index (χ4v) is 9.27. The first-order chi connectivity index (χ1) is 34.1. The predicted molar refractivity (Wildman–Crippen MR) is 300 cm³/mol. The molecule has 0 saturated carbocycles. The lowest BCUT2D eigenvalue weighted by atomic mass is 9.89. The number of nitrogens with one attached hydrogen (secondary N) is 2. The van der Waals surface area contributed by atoms with E-state index >= 15 is 0 Å². The number of allylic oxidation sites excluding steroid dienone is 8. The van der Waals surface area contributed by atoms with Crippen molar-refractivity contribution in [3.05, 3.63) is 221 Å². The Kier molecular flexibility index (Phi) is 29.0. The molecule has 0 saturated heterocycles. The van der Waals surface area contributed by atoms with Crippen LogP contribution in [0, 0.1) is 6.92 Å². The Bertz CT molecular complexity index is 2460. The molecule has 0 amide bonds. The van der Waals surface area contributed by atoms with E-state index in [9.17, 15) is 16.8 Å². The van der Waals surface area contributed by atoms with Gasteiger partial charge in [0.1, 0.15) is 0 Å². The molecular formula is C61H83N3O5S2. The van der Waals surface area contributed by atoms with E-state index in [0.717, 1.165) is 74.6 Å². The molecule has 5 aromatic rings. The SMILES string of the molecule is CC1=CCC=CC1.CC1=CCC=CC1.CCCCCN[C@@H](c1ccccc1)[C@@H](NS(C)(=O)=O)c1ccccc1.CCCCCOS(=O)(=O)c1ccc(C)cc1.C[C@@H](c1ccccc1)[C@@H](N)c1ccccc1. The molecule has 5 aromatic carbocycles. The Labute approximate surface area is 429 Å². The molecule has 0 unspecified atom stereocenters. The van der Waals surface area contributed by atoms with Crippen molar-refractivity contribution in [1.29, 1.82) is 0 Å². The molecule has 4 atom stereocenters. The standard InChI is InChI=1S/C20H28N2O2S.C15H17N.C12H18O3S.2C7H10/c1-3-4-11-16-21-19(17-12-7-5-8-13-17)20(22-25(2,23)24)18-14-9-6-10-15-18;1-12(13-8-4-2-5-9-13)15(16)14-10-6-3-7-11-14;1-3-4-5-10-15-16(13,14)12-8-6-11(2)7-9-12;2*1-7-5-3-2-4-6-7/h5-10,12-15,19-22H,3-4,11,16H2,1-2H3;2-12,15H,16H2,1H3;6-9H,3-5,10H2,1-2H3;2*2-3,6H,4-5H2,1H3/t19-,20-;12-,15+;;;/m00.../s1. The maximum Gasteiger partial charge on any atom is 0.296 e. The van der Waals surface area contributed by atoms with Crippen LogP contribution in [-0.4, -0.2) is 36.2 Å². The number of aryl methyl sites for hydroxylation is 1. The molecule has 0 aliphatic heterocycles. The molecule has 0 fully saturated rings. The number of benzene rings is 5. The van der Waals surface area contributed by atoms with Crippen molar-refractivity contribution in [2.75, 3.05) is 19.4 Å². The third-order valence-electron chi connectivity index (χ3n) is 11.9. The number of unbranched alkanes of at least 4 members (excludes halogenated alkanes) is 4. The molecule has 4 N–H and O–H groups in total. The quantitative estimate of drug-likeness (QED) is 0.0427. The minimum Gasteiger partial charge on any atom is -0.323 e. The summed E-state index contributed by atoms with van der Waals surface area (Å²) in [6, 6.07) is 46.7. The molecule has 0 spiro atoms. The summed E-state index contributed by atoms with van der Waals surface area (Å²) in [6.07, 6.45) is 25.4. The highest BCUT2D eigenvalue weighted by Gasteiger charge is 2.27. The van der Waals surface area contributed by atoms with Crippen LogP contribution in [0.2, 0.25) is 0 Å². The van der Waals surface area contributed by atoms with Crippen LogP contribution in [0.25, 0.3) is 0 Å². The van der Waals surface area contributed by atoms with Gasteiger partial charge >= 0.3 is 0 Å². The zero-order valence-corrected chi connectivity index (χ0v) is 45.2. The number of hydrogen-bond acceptors (Lipinski definition) is 7. The predicted octanol–water partition coefficient (Wildman–Crippen LogP) is 14.7. The first kappa shape index (κ1) is 60.1. The second-order valence-corrected chi connectivity index (χ2v) is 21.6. The van der Waals surface area contributed by atoms with E-state index in [4.69, 9.17) is 9.92 Å². The van der Waals surface area contributed by atoms with E-state index in [1.165, 1.54) is 41.4 Å². The van der Waals surface area contributed by atoms with Crippen LogP contribution in [0.1, 0.15) is 151 Å². The van der Waals surface area contributed by atoms with E-state index < -0.39 is 20.1 Å². The molecule has 2 aliphatic carbocycles. The Hall–Kier alpha value is -5.20. The Morgan fingerprint density at radius 3 is 1.39 bits per heavy atom. The summed E-state index contributed by atoms with van der Waals surface area (Å²) in [7, 11) is -6.91. The molecule has 10 heteroatoms. The third kappa shape index (κ3) is 25.2. The van der Waals surface area contributed by atoms with Crippen molar-refractivity contribution in [3.8, 4) is 0 Å². The fourth-order valence-electron chi connectivity index (χ4n) is 7.60. The smallest absolute Gasteiger partial charge is 0.296 e. The van der Waals surface area contributed by atoms with Gasteiger partial charge in [0.2, 0.25) is 10.0 Å². The highest BCUT2D eigenvalue weighted by atomic mass is 32.2. The molecule has 0 heterocycles. The second kappa shape index (κ2) is 34.2. The van der Waals surface area contributed by atoms with Gasteiger partial charge in [0.15, 0.2) is 0 Å². The lowest BCUT2D eigenvalue weighted by Gasteiger charge is -2.29. The summed E-state index contributed by atoms with van der Waals surface area (Å²) in [4.78, 5) is 0.231. The average molecular weight is 1000 g/mol. The minimum absolute atomic E-state index is 0.0589. The fraction of sp³-hybridized carbons (Fsp3) is 0.377.